The highest BCUT2D eigenvalue weighted by molar-refractivity contribution is 7.11. The molecule has 1 unspecified atom stereocenters. The van der Waals surface area contributed by atoms with Crippen molar-refractivity contribution in [1.29, 1.82) is 0 Å². The summed E-state index contributed by atoms with van der Waals surface area (Å²) in [5.74, 6) is 0.722. The number of nitrogens with one attached hydrogen (secondary N) is 2. The molecule has 3 aromatic rings. The number of hydrogen-bond acceptors (Lipinski definition) is 4. The Morgan fingerprint density at radius 3 is 2.95 bits per heavy atom. The summed E-state index contributed by atoms with van der Waals surface area (Å²) in [6.45, 7) is 4.17. The normalized spacial score (nSPS) is 12.5. The second kappa shape index (κ2) is 5.69. The maximum Gasteiger partial charge on any atom is 0.257 e. The van der Waals surface area contributed by atoms with Gasteiger partial charge in [0.05, 0.1) is 6.04 Å². The highest BCUT2D eigenvalue weighted by atomic mass is 32.1. The number of hydrogen-bond donors (Lipinski definition) is 2. The van der Waals surface area contributed by atoms with E-state index in [1.54, 1.807) is 11.3 Å². The number of nitrogens with zero attached hydrogens (tertiary/aromatic N) is 1. The minimum atomic E-state index is -0.0730. The minimum Gasteiger partial charge on any atom is -0.363 e. The molecule has 1 atom stereocenters. The molecule has 4 nitrogen and oxygen atoms in total. The topological polar surface area (TPSA) is 57.8 Å². The van der Waals surface area contributed by atoms with E-state index >= 15 is 0 Å². The Morgan fingerprint density at radius 2 is 2.19 bits per heavy atom. The molecule has 1 aromatic carbocycles. The van der Waals surface area contributed by atoms with Crippen LogP contribution in [0.15, 0.2) is 41.3 Å². The first-order chi connectivity index (χ1) is 10.2. The van der Waals surface area contributed by atoms with Gasteiger partial charge < -0.3 is 10.3 Å². The number of H-pyrrole nitrogens is 1. The molecule has 108 valence electrons. The fraction of sp³-hybridized carbons (Fsp3) is 0.250. The number of anilines is 1. The predicted octanol–water partition coefficient (Wildman–Crippen LogP) is 3.72. The molecule has 0 amide bonds. The molecular weight excluding hydrogens is 282 g/mol. The van der Waals surface area contributed by atoms with Gasteiger partial charge in [-0.25, -0.2) is 4.98 Å². The smallest absolute Gasteiger partial charge is 0.257 e. The average molecular weight is 299 g/mol. The first-order valence-electron chi connectivity index (χ1n) is 7.00. The van der Waals surface area contributed by atoms with Gasteiger partial charge in [-0.3, -0.25) is 4.79 Å². The Labute approximate surface area is 126 Å². The zero-order chi connectivity index (χ0) is 14.8. The van der Waals surface area contributed by atoms with Gasteiger partial charge in [-0.15, -0.1) is 11.3 Å². The summed E-state index contributed by atoms with van der Waals surface area (Å²) >= 11 is 1.70. The van der Waals surface area contributed by atoms with Gasteiger partial charge >= 0.3 is 0 Å². The van der Waals surface area contributed by atoms with E-state index in [1.807, 2.05) is 43.5 Å². The van der Waals surface area contributed by atoms with Gasteiger partial charge in [-0.2, -0.15) is 0 Å². The third-order valence-corrected chi connectivity index (χ3v) is 4.74. The van der Waals surface area contributed by atoms with Crippen LogP contribution in [0.2, 0.25) is 0 Å². The zero-order valence-electron chi connectivity index (χ0n) is 12.0. The Bertz CT molecular complexity index is 822. The second-order valence-corrected chi connectivity index (χ2v) is 6.13. The van der Waals surface area contributed by atoms with Crippen LogP contribution >= 0.6 is 11.3 Å². The molecule has 2 heterocycles. The fourth-order valence-electron chi connectivity index (χ4n) is 2.27. The van der Waals surface area contributed by atoms with Crippen molar-refractivity contribution >= 4 is 27.9 Å². The Balaban J connectivity index is 1.89. The molecule has 0 aliphatic rings. The van der Waals surface area contributed by atoms with Gasteiger partial charge in [0.1, 0.15) is 10.8 Å². The molecule has 0 saturated carbocycles. The van der Waals surface area contributed by atoms with Crippen molar-refractivity contribution in [2.24, 2.45) is 0 Å². The van der Waals surface area contributed by atoms with Crippen molar-refractivity contribution in [1.82, 2.24) is 9.97 Å². The monoisotopic (exact) mass is 299 g/mol. The lowest BCUT2D eigenvalue weighted by atomic mass is 10.2. The maximum atomic E-state index is 12.1. The molecule has 0 radical (unpaired) electrons. The summed E-state index contributed by atoms with van der Waals surface area (Å²) in [4.78, 5) is 20.6. The first kappa shape index (κ1) is 13.8. The van der Waals surface area contributed by atoms with Crippen LogP contribution in [0.4, 0.5) is 5.82 Å². The molecule has 0 aliphatic carbocycles. The number of thiazole rings is 1. The Hall–Kier alpha value is -2.14. The SMILES string of the molecule is CCc1cnc(C(C)Nc2cc3ccccc3c(=O)[nH]2)s1. The summed E-state index contributed by atoms with van der Waals surface area (Å²) in [6, 6.07) is 9.60. The quantitative estimate of drug-likeness (QED) is 0.772. The van der Waals surface area contributed by atoms with Crippen molar-refractivity contribution in [3.63, 3.8) is 0 Å². The van der Waals surface area contributed by atoms with E-state index in [0.29, 0.717) is 5.39 Å². The molecule has 5 heteroatoms. The van der Waals surface area contributed by atoms with Crippen LogP contribution in [0, 0.1) is 0 Å². The van der Waals surface area contributed by atoms with E-state index in [2.05, 4.69) is 22.2 Å². The summed E-state index contributed by atoms with van der Waals surface area (Å²) in [5, 5.41) is 5.99. The van der Waals surface area contributed by atoms with E-state index < -0.39 is 0 Å². The summed E-state index contributed by atoms with van der Waals surface area (Å²) in [6.07, 6.45) is 2.92. The van der Waals surface area contributed by atoms with Gasteiger partial charge in [0, 0.05) is 16.5 Å². The van der Waals surface area contributed by atoms with Gasteiger partial charge in [-0.05, 0) is 30.9 Å². The van der Waals surface area contributed by atoms with E-state index in [1.165, 1.54) is 4.88 Å². The lowest BCUT2D eigenvalue weighted by Crippen LogP contribution is -2.13. The molecule has 0 aliphatic heterocycles. The highest BCUT2D eigenvalue weighted by Gasteiger charge is 2.11. The van der Waals surface area contributed by atoms with Crippen LogP contribution in [0.1, 0.15) is 29.8 Å². The van der Waals surface area contributed by atoms with Crippen molar-refractivity contribution in [2.75, 3.05) is 5.32 Å². The molecule has 2 aromatic heterocycles. The molecule has 21 heavy (non-hydrogen) atoms. The summed E-state index contributed by atoms with van der Waals surface area (Å²) in [5.41, 5.74) is -0.0730. The van der Waals surface area contributed by atoms with E-state index in [4.69, 9.17) is 0 Å². The molecule has 0 bridgehead atoms. The molecule has 0 fully saturated rings. The number of aromatic nitrogens is 2. The van der Waals surface area contributed by atoms with Crippen LogP contribution < -0.4 is 10.9 Å². The number of benzene rings is 1. The zero-order valence-corrected chi connectivity index (χ0v) is 12.8. The number of rotatable bonds is 4. The molecular formula is C16H17N3OS. The standard InChI is InChI=1S/C16H17N3OS/c1-3-12-9-17-16(21-12)10(2)18-14-8-11-6-4-5-7-13(11)15(20)19-14/h4-10H,3H2,1-2H3,(H2,18,19,20). The van der Waals surface area contributed by atoms with Crippen molar-refractivity contribution in [3.8, 4) is 0 Å². The van der Waals surface area contributed by atoms with Crippen LogP contribution in [0.5, 0.6) is 0 Å². The Kier molecular flexibility index (Phi) is 3.75. The summed E-state index contributed by atoms with van der Waals surface area (Å²) < 4.78 is 0. The average Bonchev–Trinajstić information content (AvgIpc) is 2.96. The number of aryl methyl sites for hydroxylation is 1. The highest BCUT2D eigenvalue weighted by Crippen LogP contribution is 2.23. The number of pyridine rings is 1. The van der Waals surface area contributed by atoms with E-state index in [9.17, 15) is 4.79 Å². The van der Waals surface area contributed by atoms with Crippen LogP contribution in [-0.2, 0) is 6.42 Å². The lowest BCUT2D eigenvalue weighted by Gasteiger charge is -2.13. The minimum absolute atomic E-state index is 0.0621. The van der Waals surface area contributed by atoms with Crippen molar-refractivity contribution < 1.29 is 0 Å². The molecule has 3 rings (SSSR count). The van der Waals surface area contributed by atoms with Crippen LogP contribution in [0.3, 0.4) is 0 Å². The number of aromatic amines is 1. The van der Waals surface area contributed by atoms with Crippen LogP contribution in [-0.4, -0.2) is 9.97 Å². The van der Waals surface area contributed by atoms with Crippen LogP contribution in [0.25, 0.3) is 10.8 Å². The maximum absolute atomic E-state index is 12.1. The lowest BCUT2D eigenvalue weighted by molar-refractivity contribution is 0.860. The summed E-state index contributed by atoms with van der Waals surface area (Å²) in [7, 11) is 0. The molecule has 2 N–H and O–H groups in total. The van der Waals surface area contributed by atoms with Crippen molar-refractivity contribution in [2.45, 2.75) is 26.3 Å². The predicted molar refractivity (Wildman–Crippen MR) is 88.1 cm³/mol. The van der Waals surface area contributed by atoms with Gasteiger partial charge in [0.2, 0.25) is 0 Å². The van der Waals surface area contributed by atoms with Gasteiger partial charge in [-0.1, -0.05) is 25.1 Å². The van der Waals surface area contributed by atoms with E-state index in [-0.39, 0.29) is 11.6 Å². The molecule has 0 saturated heterocycles. The molecule has 0 spiro atoms. The van der Waals surface area contributed by atoms with Crippen molar-refractivity contribution in [3.05, 3.63) is 56.8 Å². The third kappa shape index (κ3) is 2.83. The number of fused-ring (bicyclic) bond motifs is 1. The third-order valence-electron chi connectivity index (χ3n) is 3.42. The van der Waals surface area contributed by atoms with E-state index in [0.717, 1.165) is 22.6 Å². The van der Waals surface area contributed by atoms with Gasteiger partial charge in [0.15, 0.2) is 0 Å². The Morgan fingerprint density at radius 1 is 1.38 bits per heavy atom. The fourth-order valence-corrected chi connectivity index (χ4v) is 3.13. The first-order valence-corrected chi connectivity index (χ1v) is 7.82. The van der Waals surface area contributed by atoms with Gasteiger partial charge in [0.25, 0.3) is 5.56 Å². The largest absolute Gasteiger partial charge is 0.363 e. The second-order valence-electron chi connectivity index (χ2n) is 4.98.